The van der Waals surface area contributed by atoms with E-state index in [1.54, 1.807) is 17.1 Å². The van der Waals surface area contributed by atoms with Gasteiger partial charge in [0.25, 0.3) is 0 Å². The highest BCUT2D eigenvalue weighted by Crippen LogP contribution is 2.17. The number of fused-ring (bicyclic) bond motifs is 1. The molecule has 1 aromatic carbocycles. The number of nitrogens with zero attached hydrogens (tertiary/aromatic N) is 4. The third-order valence-electron chi connectivity index (χ3n) is 3.85. The lowest BCUT2D eigenvalue weighted by Crippen LogP contribution is -2.06. The van der Waals surface area contributed by atoms with Crippen LogP contribution < -0.4 is 5.32 Å². The molecule has 132 valence electrons. The number of hydrogen-bond donors (Lipinski definition) is 2. The first-order valence-electron chi connectivity index (χ1n) is 8.52. The van der Waals surface area contributed by atoms with Crippen LogP contribution in [0, 0.1) is 0 Å². The van der Waals surface area contributed by atoms with Crippen LogP contribution in [-0.4, -0.2) is 37.8 Å². The number of unbranched alkanes of at least 4 members (excludes halogenated alkanes) is 1. The van der Waals surface area contributed by atoms with Gasteiger partial charge in [-0.1, -0.05) is 25.5 Å². The van der Waals surface area contributed by atoms with Gasteiger partial charge in [0.05, 0.1) is 25.7 Å². The van der Waals surface area contributed by atoms with Gasteiger partial charge in [-0.3, -0.25) is 4.57 Å². The van der Waals surface area contributed by atoms with Crippen molar-refractivity contribution in [1.82, 2.24) is 19.5 Å². The van der Waals surface area contributed by atoms with E-state index in [-0.39, 0.29) is 13.2 Å². The van der Waals surface area contributed by atoms with Crippen LogP contribution in [0.1, 0.15) is 25.3 Å². The van der Waals surface area contributed by atoms with E-state index >= 15 is 0 Å². The molecular formula is C18H23N5O2. The Bertz CT molecular complexity index is 801. The van der Waals surface area contributed by atoms with Gasteiger partial charge in [0, 0.05) is 5.69 Å². The van der Waals surface area contributed by atoms with Gasteiger partial charge in [0.1, 0.15) is 12.2 Å². The second-order valence-electron chi connectivity index (χ2n) is 5.80. The summed E-state index contributed by atoms with van der Waals surface area (Å²) in [5.41, 5.74) is 3.67. The lowest BCUT2D eigenvalue weighted by atomic mass is 10.1. The molecule has 0 spiro atoms. The SMILES string of the molecule is CCCCc1ccc(Nc2ncc3ncn(COCCO)c3n2)cc1. The van der Waals surface area contributed by atoms with Crippen LogP contribution in [0.5, 0.6) is 0 Å². The minimum Gasteiger partial charge on any atom is -0.394 e. The number of imidazole rings is 1. The van der Waals surface area contributed by atoms with Crippen molar-refractivity contribution in [1.29, 1.82) is 0 Å². The number of rotatable bonds is 9. The summed E-state index contributed by atoms with van der Waals surface area (Å²) in [6.45, 7) is 2.76. The molecule has 0 aliphatic rings. The average molecular weight is 341 g/mol. The van der Waals surface area contributed by atoms with Crippen LogP contribution in [0.2, 0.25) is 0 Å². The normalized spacial score (nSPS) is 11.1. The zero-order valence-electron chi connectivity index (χ0n) is 14.4. The molecule has 0 amide bonds. The van der Waals surface area contributed by atoms with Crippen LogP contribution in [0.25, 0.3) is 11.2 Å². The molecule has 0 unspecified atom stereocenters. The molecule has 2 aromatic heterocycles. The number of benzene rings is 1. The molecule has 0 aliphatic heterocycles. The van der Waals surface area contributed by atoms with Crippen LogP contribution >= 0.6 is 0 Å². The first-order valence-corrected chi connectivity index (χ1v) is 8.52. The van der Waals surface area contributed by atoms with Crippen LogP contribution in [0.3, 0.4) is 0 Å². The van der Waals surface area contributed by atoms with Crippen molar-refractivity contribution in [3.05, 3.63) is 42.4 Å². The van der Waals surface area contributed by atoms with Gasteiger partial charge >= 0.3 is 0 Å². The lowest BCUT2D eigenvalue weighted by Gasteiger charge is -2.07. The van der Waals surface area contributed by atoms with E-state index in [4.69, 9.17) is 9.84 Å². The third kappa shape index (κ3) is 4.52. The summed E-state index contributed by atoms with van der Waals surface area (Å²) >= 11 is 0. The highest BCUT2D eigenvalue weighted by Gasteiger charge is 2.07. The summed E-state index contributed by atoms with van der Waals surface area (Å²) < 4.78 is 7.11. The van der Waals surface area contributed by atoms with Crippen molar-refractivity contribution in [2.24, 2.45) is 0 Å². The van der Waals surface area contributed by atoms with Gasteiger partial charge in [0.2, 0.25) is 5.95 Å². The molecule has 25 heavy (non-hydrogen) atoms. The van der Waals surface area contributed by atoms with E-state index in [0.717, 1.165) is 12.1 Å². The Labute approximate surface area is 146 Å². The zero-order chi connectivity index (χ0) is 17.5. The standard InChI is InChI=1S/C18H23N5O2/c1-2-3-4-14-5-7-15(8-6-14)21-18-19-11-16-17(22-18)23(12-20-16)13-25-10-9-24/h5-8,11-12,24H,2-4,9-10,13H2,1H3,(H,19,21,22). The topological polar surface area (TPSA) is 85.1 Å². The molecule has 0 radical (unpaired) electrons. The molecule has 0 saturated carbocycles. The lowest BCUT2D eigenvalue weighted by molar-refractivity contribution is 0.0499. The van der Waals surface area contributed by atoms with Crippen LogP contribution in [0.4, 0.5) is 11.6 Å². The van der Waals surface area contributed by atoms with E-state index in [9.17, 15) is 0 Å². The number of aliphatic hydroxyl groups is 1. The summed E-state index contributed by atoms with van der Waals surface area (Å²) in [6, 6.07) is 8.34. The summed E-state index contributed by atoms with van der Waals surface area (Å²) in [4.78, 5) is 13.1. The molecule has 2 heterocycles. The Hall–Kier alpha value is -2.51. The van der Waals surface area contributed by atoms with Crippen molar-refractivity contribution >= 4 is 22.8 Å². The van der Waals surface area contributed by atoms with Gasteiger partial charge in [-0.15, -0.1) is 0 Å². The van der Waals surface area contributed by atoms with E-state index in [2.05, 4.69) is 39.3 Å². The Morgan fingerprint density at radius 2 is 2.04 bits per heavy atom. The van der Waals surface area contributed by atoms with Crippen molar-refractivity contribution in [3.8, 4) is 0 Å². The number of hydrogen-bond acceptors (Lipinski definition) is 6. The Morgan fingerprint density at radius 1 is 1.20 bits per heavy atom. The molecule has 0 bridgehead atoms. The number of ether oxygens (including phenoxy) is 1. The summed E-state index contributed by atoms with van der Waals surface area (Å²) in [7, 11) is 0. The minimum absolute atomic E-state index is 0.0112. The molecule has 0 fully saturated rings. The number of aryl methyl sites for hydroxylation is 1. The van der Waals surface area contributed by atoms with Crippen molar-refractivity contribution in [3.63, 3.8) is 0 Å². The van der Waals surface area contributed by atoms with E-state index in [0.29, 0.717) is 23.8 Å². The van der Waals surface area contributed by atoms with Crippen molar-refractivity contribution < 1.29 is 9.84 Å². The fourth-order valence-corrected chi connectivity index (χ4v) is 2.50. The largest absolute Gasteiger partial charge is 0.394 e. The van der Waals surface area contributed by atoms with Gasteiger partial charge < -0.3 is 15.2 Å². The molecular weight excluding hydrogens is 318 g/mol. The second kappa shape index (κ2) is 8.55. The first kappa shape index (κ1) is 17.3. The molecule has 7 nitrogen and oxygen atoms in total. The van der Waals surface area contributed by atoms with Gasteiger partial charge in [-0.25, -0.2) is 9.97 Å². The fourth-order valence-electron chi connectivity index (χ4n) is 2.50. The first-order chi connectivity index (χ1) is 12.3. The number of anilines is 2. The zero-order valence-corrected chi connectivity index (χ0v) is 14.4. The van der Waals surface area contributed by atoms with Gasteiger partial charge in [-0.05, 0) is 30.5 Å². The smallest absolute Gasteiger partial charge is 0.229 e. The number of aliphatic hydroxyl groups excluding tert-OH is 1. The molecule has 2 N–H and O–H groups in total. The van der Waals surface area contributed by atoms with Crippen molar-refractivity contribution in [2.45, 2.75) is 32.9 Å². The van der Waals surface area contributed by atoms with Crippen LogP contribution in [-0.2, 0) is 17.9 Å². The molecule has 0 atom stereocenters. The van der Waals surface area contributed by atoms with Crippen molar-refractivity contribution in [2.75, 3.05) is 18.5 Å². The average Bonchev–Trinajstić information content (AvgIpc) is 3.04. The maximum absolute atomic E-state index is 8.80. The monoisotopic (exact) mass is 341 g/mol. The third-order valence-corrected chi connectivity index (χ3v) is 3.85. The molecule has 3 aromatic rings. The summed E-state index contributed by atoms with van der Waals surface area (Å²) in [6.07, 6.45) is 6.84. The molecule has 0 saturated heterocycles. The molecule has 3 rings (SSSR count). The van der Waals surface area contributed by atoms with Gasteiger partial charge in [0.15, 0.2) is 5.65 Å². The molecule has 7 heteroatoms. The predicted molar refractivity (Wildman–Crippen MR) is 96.7 cm³/mol. The summed E-state index contributed by atoms with van der Waals surface area (Å²) in [5, 5.41) is 12.0. The fraction of sp³-hybridized carbons (Fsp3) is 0.389. The quantitative estimate of drug-likeness (QED) is 0.582. The minimum atomic E-state index is -0.0112. The number of aromatic nitrogens is 4. The van der Waals surface area contributed by atoms with E-state index in [1.165, 1.54) is 18.4 Å². The Morgan fingerprint density at radius 3 is 2.80 bits per heavy atom. The Balaban J connectivity index is 1.71. The number of nitrogens with one attached hydrogen (secondary N) is 1. The predicted octanol–water partition coefficient (Wildman–Crippen LogP) is 2.88. The van der Waals surface area contributed by atoms with E-state index < -0.39 is 0 Å². The van der Waals surface area contributed by atoms with Crippen LogP contribution in [0.15, 0.2) is 36.8 Å². The Kier molecular flexibility index (Phi) is 5.92. The second-order valence-corrected chi connectivity index (χ2v) is 5.80. The maximum Gasteiger partial charge on any atom is 0.229 e. The van der Waals surface area contributed by atoms with E-state index in [1.807, 2.05) is 12.1 Å². The maximum atomic E-state index is 8.80. The molecule has 0 aliphatic carbocycles. The summed E-state index contributed by atoms with van der Waals surface area (Å²) in [5.74, 6) is 0.512. The highest BCUT2D eigenvalue weighted by atomic mass is 16.5. The highest BCUT2D eigenvalue weighted by molar-refractivity contribution is 5.71. The van der Waals surface area contributed by atoms with Gasteiger partial charge in [-0.2, -0.15) is 4.98 Å².